The Bertz CT molecular complexity index is 1140. The van der Waals surface area contributed by atoms with E-state index in [4.69, 9.17) is 4.74 Å². The van der Waals surface area contributed by atoms with Crippen LogP contribution in [0.3, 0.4) is 0 Å². The molecule has 4 heteroatoms. The van der Waals surface area contributed by atoms with Crippen molar-refractivity contribution in [3.63, 3.8) is 0 Å². The number of hydrogen-bond donors (Lipinski definition) is 0. The number of aryl methyl sites for hydroxylation is 2. The van der Waals surface area contributed by atoms with Crippen molar-refractivity contribution in [3.05, 3.63) is 102 Å². The molecule has 4 rings (SSSR count). The molecule has 4 nitrogen and oxygen atoms in total. The Kier molecular flexibility index (Phi) is 5.58. The number of ether oxygens (including phenoxy) is 1. The van der Waals surface area contributed by atoms with Crippen LogP contribution in [0.1, 0.15) is 22.5 Å². The first kappa shape index (κ1) is 18.8. The predicted molar refractivity (Wildman–Crippen MR) is 113 cm³/mol. The Balaban J connectivity index is 1.71. The molecule has 0 saturated carbocycles. The van der Waals surface area contributed by atoms with E-state index in [2.05, 4.69) is 58.4 Å². The van der Waals surface area contributed by atoms with Gasteiger partial charge in [-0.3, -0.25) is 0 Å². The first-order valence-corrected chi connectivity index (χ1v) is 9.88. The molecular formula is C25H24N3O+. The zero-order chi connectivity index (χ0) is 20.1. The molecule has 0 fully saturated rings. The van der Waals surface area contributed by atoms with Crippen molar-refractivity contribution in [1.82, 2.24) is 4.57 Å². The lowest BCUT2D eigenvalue weighted by molar-refractivity contribution is -0.520. The van der Waals surface area contributed by atoms with Crippen molar-refractivity contribution in [2.45, 2.75) is 32.9 Å². The second-order valence-corrected chi connectivity index (χ2v) is 7.09. The van der Waals surface area contributed by atoms with Gasteiger partial charge in [-0.25, -0.2) is 4.57 Å². The van der Waals surface area contributed by atoms with Gasteiger partial charge < -0.3 is 4.74 Å². The summed E-state index contributed by atoms with van der Waals surface area (Å²) in [5.74, 6) is 0.830. The van der Waals surface area contributed by atoms with Crippen LogP contribution >= 0.6 is 0 Å². The number of hydrogen-bond acceptors (Lipinski definition) is 2. The van der Waals surface area contributed by atoms with E-state index < -0.39 is 0 Å². The van der Waals surface area contributed by atoms with Crippen LogP contribution in [0.2, 0.25) is 0 Å². The highest BCUT2D eigenvalue weighted by Crippen LogP contribution is 2.23. The fraction of sp³-hybridized carbons (Fsp3) is 0.200. The molecule has 4 aromatic rings. The summed E-state index contributed by atoms with van der Waals surface area (Å²) in [5.41, 5.74) is 5.55. The molecule has 0 aliphatic rings. The van der Waals surface area contributed by atoms with Crippen LogP contribution < -0.4 is 9.14 Å². The van der Waals surface area contributed by atoms with Gasteiger partial charge >= 0.3 is 5.65 Å². The van der Waals surface area contributed by atoms with E-state index in [-0.39, 0.29) is 0 Å². The Morgan fingerprint density at radius 2 is 1.62 bits per heavy atom. The maximum absolute atomic E-state index is 9.34. The quantitative estimate of drug-likeness (QED) is 0.444. The summed E-state index contributed by atoms with van der Waals surface area (Å²) < 4.78 is 10.6. The van der Waals surface area contributed by atoms with Gasteiger partial charge in [-0.1, -0.05) is 60.7 Å². The van der Waals surface area contributed by atoms with E-state index in [0.717, 1.165) is 41.3 Å². The zero-order valence-electron chi connectivity index (χ0n) is 16.6. The number of benzene rings is 2. The number of rotatable bonds is 7. The molecule has 0 spiro atoms. The third-order valence-electron chi connectivity index (χ3n) is 5.25. The molecule has 0 unspecified atom stereocenters. The average molecular weight is 382 g/mol. The summed E-state index contributed by atoms with van der Waals surface area (Å²) in [7, 11) is 0. The Labute approximate surface area is 171 Å². The fourth-order valence-corrected chi connectivity index (χ4v) is 3.75. The van der Waals surface area contributed by atoms with Gasteiger partial charge in [-0.05, 0) is 23.3 Å². The summed E-state index contributed by atoms with van der Waals surface area (Å²) in [6.07, 6.45) is 3.31. The number of pyridine rings is 1. The minimum absolute atomic E-state index is 0.369. The normalized spacial score (nSPS) is 10.8. The number of fused-ring (bicyclic) bond motifs is 1. The lowest BCUT2D eigenvalue weighted by Crippen LogP contribution is -2.25. The van der Waals surface area contributed by atoms with Crippen LogP contribution in [0.4, 0.5) is 0 Å². The van der Waals surface area contributed by atoms with Crippen LogP contribution in [-0.2, 0) is 26.0 Å². The first-order valence-electron chi connectivity index (χ1n) is 9.88. The van der Waals surface area contributed by atoms with Gasteiger partial charge in [0.05, 0.1) is 18.8 Å². The number of nitriles is 1. The summed E-state index contributed by atoms with van der Waals surface area (Å²) in [4.78, 5) is 0. The van der Waals surface area contributed by atoms with Crippen molar-refractivity contribution in [1.29, 1.82) is 5.26 Å². The van der Waals surface area contributed by atoms with E-state index in [9.17, 15) is 5.26 Å². The van der Waals surface area contributed by atoms with Crippen LogP contribution in [0.5, 0.6) is 5.75 Å². The molecule has 0 aliphatic carbocycles. The molecule has 2 aromatic heterocycles. The topological polar surface area (TPSA) is 42.1 Å². The van der Waals surface area contributed by atoms with Crippen molar-refractivity contribution < 1.29 is 9.14 Å². The fourth-order valence-electron chi connectivity index (χ4n) is 3.75. The van der Waals surface area contributed by atoms with Crippen LogP contribution in [-0.4, -0.2) is 4.57 Å². The predicted octanol–water partition coefficient (Wildman–Crippen LogP) is 4.42. The summed E-state index contributed by atoms with van der Waals surface area (Å²) in [6, 6.07) is 26.9. The molecule has 0 saturated heterocycles. The number of aromatic nitrogens is 2. The molecule has 0 amide bonds. The lowest BCUT2D eigenvalue weighted by Gasteiger charge is -2.07. The van der Waals surface area contributed by atoms with Gasteiger partial charge in [0, 0.05) is 13.3 Å². The first-order chi connectivity index (χ1) is 14.3. The summed E-state index contributed by atoms with van der Waals surface area (Å²) in [6.45, 7) is 3.43. The van der Waals surface area contributed by atoms with E-state index in [0.29, 0.717) is 13.0 Å². The minimum Gasteiger partial charge on any atom is -0.481 e. The van der Waals surface area contributed by atoms with Crippen molar-refractivity contribution >= 4 is 5.65 Å². The lowest BCUT2D eigenvalue weighted by atomic mass is 10.1. The minimum atomic E-state index is 0.369. The average Bonchev–Trinajstić information content (AvgIpc) is 3.04. The molecule has 144 valence electrons. The molecule has 0 atom stereocenters. The van der Waals surface area contributed by atoms with Crippen molar-refractivity contribution in [2.24, 2.45) is 0 Å². The maximum atomic E-state index is 9.34. The Morgan fingerprint density at radius 3 is 2.31 bits per heavy atom. The highest BCUT2D eigenvalue weighted by atomic mass is 16.5. The van der Waals surface area contributed by atoms with Gasteiger partial charge in [0.1, 0.15) is 18.7 Å². The highest BCUT2D eigenvalue weighted by Gasteiger charge is 2.25. The molecule has 29 heavy (non-hydrogen) atoms. The van der Waals surface area contributed by atoms with Gasteiger partial charge in [0.15, 0.2) is 5.69 Å². The van der Waals surface area contributed by atoms with Crippen molar-refractivity contribution in [3.8, 4) is 11.8 Å². The van der Waals surface area contributed by atoms with Gasteiger partial charge in [-0.15, -0.1) is 0 Å². The summed E-state index contributed by atoms with van der Waals surface area (Å²) >= 11 is 0. The molecule has 0 N–H and O–H groups in total. The van der Waals surface area contributed by atoms with E-state index >= 15 is 0 Å². The van der Waals surface area contributed by atoms with E-state index in [1.54, 1.807) is 0 Å². The van der Waals surface area contributed by atoms with E-state index in [1.165, 1.54) is 5.56 Å². The molecule has 2 heterocycles. The number of imidazole rings is 1. The Hall–Kier alpha value is -3.58. The third-order valence-corrected chi connectivity index (χ3v) is 5.25. The van der Waals surface area contributed by atoms with E-state index in [1.807, 2.05) is 42.6 Å². The van der Waals surface area contributed by atoms with Crippen LogP contribution in [0, 0.1) is 18.3 Å². The zero-order valence-corrected chi connectivity index (χ0v) is 16.6. The monoisotopic (exact) mass is 382 g/mol. The van der Waals surface area contributed by atoms with Gasteiger partial charge in [0.2, 0.25) is 5.75 Å². The Morgan fingerprint density at radius 1 is 0.931 bits per heavy atom. The third kappa shape index (κ3) is 4.00. The second kappa shape index (κ2) is 8.62. The van der Waals surface area contributed by atoms with Crippen molar-refractivity contribution in [2.75, 3.05) is 0 Å². The largest absolute Gasteiger partial charge is 0.481 e. The maximum Gasteiger partial charge on any atom is 0.329 e. The molecule has 0 radical (unpaired) electrons. The molecule has 2 aromatic carbocycles. The van der Waals surface area contributed by atoms with Crippen LogP contribution in [0.25, 0.3) is 5.65 Å². The molecular weight excluding hydrogens is 358 g/mol. The highest BCUT2D eigenvalue weighted by molar-refractivity contribution is 5.50. The SMILES string of the molecule is Cc1c(CC#N)[n+]2cccc(OCc3ccccc3)c2n1CCc1ccccc1. The molecule has 0 aliphatic heterocycles. The van der Waals surface area contributed by atoms with Gasteiger partial charge in [0.25, 0.3) is 0 Å². The second-order valence-electron chi connectivity index (χ2n) is 7.09. The summed E-state index contributed by atoms with van der Waals surface area (Å²) in [5, 5.41) is 9.34. The standard InChI is InChI=1S/C25H24N3O/c1-20-23(14-16-26)28-17-8-13-24(29-19-22-11-6-3-7-12-22)25(28)27(20)18-15-21-9-4-2-5-10-21/h2-13,17H,14-15,18-19H2,1H3/q+1. The number of nitrogens with zero attached hydrogens (tertiary/aromatic N) is 3. The molecule has 0 bridgehead atoms. The smallest absolute Gasteiger partial charge is 0.329 e. The van der Waals surface area contributed by atoms with Crippen LogP contribution in [0.15, 0.2) is 79.0 Å². The van der Waals surface area contributed by atoms with Gasteiger partial charge in [-0.2, -0.15) is 9.66 Å².